The van der Waals surface area contributed by atoms with E-state index >= 15 is 0 Å². The molecule has 0 heterocycles. The third kappa shape index (κ3) is 10.9. The Morgan fingerprint density at radius 2 is 0.727 bits per heavy atom. The quantitative estimate of drug-likeness (QED) is 0.397. The Kier molecular flexibility index (Phi) is 13.2. The van der Waals surface area contributed by atoms with E-state index in [1.54, 1.807) is 0 Å². The van der Waals surface area contributed by atoms with Gasteiger partial charge in [0.25, 0.3) is 0 Å². The average Bonchev–Trinajstić information content (AvgIpc) is 2.44. The van der Waals surface area contributed by atoms with Crippen LogP contribution in [-0.2, 0) is 3.52 Å². The maximum absolute atomic E-state index is 6.06. The summed E-state index contributed by atoms with van der Waals surface area (Å²) in [5.41, 5.74) is 0. The molecule has 0 aromatic carbocycles. The number of hydrogen-bond donors (Lipinski definition) is 0. The molecule has 3 atom stereocenters. The molecule has 0 aliphatic carbocycles. The van der Waals surface area contributed by atoms with Crippen LogP contribution >= 0.6 is 0 Å². The molecule has 0 saturated carbocycles. The van der Waals surface area contributed by atoms with Crippen LogP contribution in [0.3, 0.4) is 0 Å². The molecular weight excluding hydrogens is 421 g/mol. The van der Waals surface area contributed by atoms with E-state index in [0.29, 0.717) is 35.5 Å². The number of rotatable bonds is 12. The fourth-order valence-electron chi connectivity index (χ4n) is 1.09. The molecule has 0 aliphatic heterocycles. The first-order chi connectivity index (χ1) is 10.1. The predicted molar refractivity (Wildman–Crippen MR) is 89.9 cm³/mol. The molecule has 0 aromatic heterocycles. The van der Waals surface area contributed by atoms with Crippen LogP contribution in [0.25, 0.3) is 0 Å². The van der Waals surface area contributed by atoms with Gasteiger partial charge in [0.1, 0.15) is 0 Å². The van der Waals surface area contributed by atoms with E-state index in [2.05, 4.69) is 62.3 Å². The van der Waals surface area contributed by atoms with Crippen LogP contribution in [0.5, 0.6) is 0 Å². The molecule has 0 spiro atoms. The van der Waals surface area contributed by atoms with Gasteiger partial charge in [-0.05, 0) is 0 Å². The third-order valence-electron chi connectivity index (χ3n) is 4.63. The summed E-state index contributed by atoms with van der Waals surface area (Å²) in [6.07, 6.45) is 0. The van der Waals surface area contributed by atoms with E-state index in [1.807, 2.05) is 0 Å². The zero-order chi connectivity index (χ0) is 17.3. The predicted octanol–water partition coefficient (Wildman–Crippen LogP) is 5.28. The van der Waals surface area contributed by atoms with Gasteiger partial charge in [-0.1, -0.05) is 0 Å². The molecule has 0 fully saturated rings. The second-order valence-electron chi connectivity index (χ2n) is 7.65. The minimum absolute atomic E-state index is 0.544. The van der Waals surface area contributed by atoms with Gasteiger partial charge >= 0.3 is 157 Å². The molecule has 0 bridgehead atoms. The molecule has 0 rings (SSSR count). The van der Waals surface area contributed by atoms with Crippen molar-refractivity contribution < 1.29 is 39.1 Å². The Bertz CT molecular complexity index is 226. The standard InChI is InChI=1S/3C6H13O.Gd/c3*1-5(2)6(3)4-7;/h3*5-6H,4H2,1-3H3;/q3*-1;+3. The van der Waals surface area contributed by atoms with Crippen LogP contribution in [0.4, 0.5) is 0 Å². The van der Waals surface area contributed by atoms with E-state index in [1.165, 1.54) is 0 Å². The van der Waals surface area contributed by atoms with Crippen LogP contribution in [-0.4, -0.2) is 19.8 Å². The fraction of sp³-hybridized carbons (Fsp3) is 1.00. The summed E-state index contributed by atoms with van der Waals surface area (Å²) in [4.78, 5) is 0. The van der Waals surface area contributed by atoms with Gasteiger partial charge in [0, 0.05) is 0 Å². The van der Waals surface area contributed by atoms with Crippen molar-refractivity contribution in [1.29, 1.82) is 0 Å². The maximum atomic E-state index is 6.06. The van der Waals surface area contributed by atoms with E-state index in [0.717, 1.165) is 19.8 Å². The molecule has 0 aromatic rings. The van der Waals surface area contributed by atoms with Gasteiger partial charge in [0.2, 0.25) is 0 Å². The van der Waals surface area contributed by atoms with Gasteiger partial charge in [-0.15, -0.1) is 0 Å². The molecular formula is C18H39GdO3. The van der Waals surface area contributed by atoms with Crippen molar-refractivity contribution >= 4 is 0 Å². The Hall–Kier alpha value is 1.20. The van der Waals surface area contributed by atoms with E-state index < -0.39 is 35.6 Å². The van der Waals surface area contributed by atoms with Crippen molar-refractivity contribution in [1.82, 2.24) is 0 Å². The fourth-order valence-corrected chi connectivity index (χ4v) is 4.37. The van der Waals surface area contributed by atoms with Crippen LogP contribution < -0.4 is 0 Å². The van der Waals surface area contributed by atoms with Gasteiger partial charge in [-0.25, -0.2) is 0 Å². The third-order valence-corrected chi connectivity index (χ3v) is 7.37. The van der Waals surface area contributed by atoms with Gasteiger partial charge in [-0.3, -0.25) is 0 Å². The summed E-state index contributed by atoms with van der Waals surface area (Å²) in [5.74, 6) is 3.52. The molecule has 0 saturated heterocycles. The molecule has 22 heavy (non-hydrogen) atoms. The molecule has 137 valence electrons. The molecule has 0 N–H and O–H groups in total. The van der Waals surface area contributed by atoms with Gasteiger partial charge in [0.05, 0.1) is 0 Å². The number of hydrogen-bond acceptors (Lipinski definition) is 3. The first-order valence-electron chi connectivity index (χ1n) is 8.72. The molecule has 4 heteroatoms. The van der Waals surface area contributed by atoms with Crippen molar-refractivity contribution in [2.45, 2.75) is 62.3 Å². The van der Waals surface area contributed by atoms with Crippen molar-refractivity contribution in [2.75, 3.05) is 19.8 Å². The summed E-state index contributed by atoms with van der Waals surface area (Å²) in [6, 6.07) is 0. The Morgan fingerprint density at radius 3 is 0.909 bits per heavy atom. The zero-order valence-corrected chi connectivity index (χ0v) is 18.4. The molecule has 0 amide bonds. The molecule has 0 radical (unpaired) electrons. The summed E-state index contributed by atoms with van der Waals surface area (Å²) < 4.78 is 18.2. The topological polar surface area (TPSA) is 27.7 Å². The molecule has 3 nitrogen and oxygen atoms in total. The normalized spacial score (nSPS) is 17.2. The van der Waals surface area contributed by atoms with Gasteiger partial charge in [-0.2, -0.15) is 0 Å². The van der Waals surface area contributed by atoms with Crippen LogP contribution in [0.1, 0.15) is 62.3 Å². The Labute approximate surface area is 155 Å². The monoisotopic (exact) mass is 461 g/mol. The Morgan fingerprint density at radius 1 is 0.500 bits per heavy atom. The van der Waals surface area contributed by atoms with E-state index in [-0.39, 0.29) is 0 Å². The minimum atomic E-state index is -2.42. The average molecular weight is 461 g/mol. The van der Waals surface area contributed by atoms with Crippen molar-refractivity contribution in [3.8, 4) is 0 Å². The van der Waals surface area contributed by atoms with Crippen LogP contribution in [0.2, 0.25) is 0 Å². The van der Waals surface area contributed by atoms with E-state index in [4.69, 9.17) is 3.52 Å². The first-order valence-corrected chi connectivity index (χ1v) is 11.5. The van der Waals surface area contributed by atoms with Crippen molar-refractivity contribution in [3.63, 3.8) is 0 Å². The summed E-state index contributed by atoms with van der Waals surface area (Å²) in [5, 5.41) is 0. The van der Waals surface area contributed by atoms with Crippen molar-refractivity contribution in [3.05, 3.63) is 0 Å². The second-order valence-corrected chi connectivity index (χ2v) is 10.7. The van der Waals surface area contributed by atoms with Crippen LogP contribution in [0.15, 0.2) is 0 Å². The van der Waals surface area contributed by atoms with Gasteiger partial charge in [0.15, 0.2) is 0 Å². The van der Waals surface area contributed by atoms with Crippen LogP contribution in [0, 0.1) is 71.1 Å². The first kappa shape index (κ1) is 23.2. The zero-order valence-electron chi connectivity index (χ0n) is 16.2. The second kappa shape index (κ2) is 12.6. The molecule has 0 aliphatic rings. The SMILES string of the molecule is CC(C)C(C)C[O][Gd]([O]CC(C)C(C)C)[O]CC(C)C(C)C. The van der Waals surface area contributed by atoms with Crippen molar-refractivity contribution in [2.24, 2.45) is 35.5 Å². The summed E-state index contributed by atoms with van der Waals surface area (Å²) in [7, 11) is 0. The molecule has 3 unspecified atom stereocenters. The summed E-state index contributed by atoms with van der Waals surface area (Å²) in [6.45, 7) is 22.4. The van der Waals surface area contributed by atoms with Gasteiger partial charge < -0.3 is 0 Å². The Balaban J connectivity index is 4.36. The van der Waals surface area contributed by atoms with E-state index in [9.17, 15) is 0 Å². The summed E-state index contributed by atoms with van der Waals surface area (Å²) >= 11 is -2.42.